The minimum Gasteiger partial charge on any atom is -0.465 e. The Morgan fingerprint density at radius 2 is 1.91 bits per heavy atom. The Kier molecular flexibility index (Phi) is 6.74. The molecular formula is C24H21Cl2NO4S. The largest absolute Gasteiger partial charge is 0.465 e. The topological polar surface area (TPSA) is 67.6 Å². The smallest absolute Gasteiger partial charge is 0.247 e. The van der Waals surface area contributed by atoms with Gasteiger partial charge in [0.05, 0.1) is 17.8 Å². The SMILES string of the molecule is O=C(/C=C\c1ccco1)N(Cc1ccc(-c2ccc(Cl)cc2Cl)cc1)C1CCS(=O)(=O)C1. The van der Waals surface area contributed by atoms with Crippen molar-refractivity contribution < 1.29 is 17.6 Å². The van der Waals surface area contributed by atoms with Crippen molar-refractivity contribution in [2.75, 3.05) is 11.5 Å². The molecule has 0 saturated carbocycles. The molecule has 0 radical (unpaired) electrons. The molecule has 1 aromatic heterocycles. The van der Waals surface area contributed by atoms with Crippen molar-refractivity contribution in [2.45, 2.75) is 19.0 Å². The third-order valence-electron chi connectivity index (χ3n) is 5.41. The van der Waals surface area contributed by atoms with Gasteiger partial charge in [0.25, 0.3) is 0 Å². The summed E-state index contributed by atoms with van der Waals surface area (Å²) in [6.45, 7) is 0.302. The average molecular weight is 490 g/mol. The number of nitrogens with zero attached hydrogens (tertiary/aromatic N) is 1. The molecule has 1 atom stereocenters. The first-order valence-electron chi connectivity index (χ1n) is 10.1. The zero-order valence-electron chi connectivity index (χ0n) is 17.1. The Labute approximate surface area is 197 Å². The summed E-state index contributed by atoms with van der Waals surface area (Å²) in [6.07, 6.45) is 4.97. The summed E-state index contributed by atoms with van der Waals surface area (Å²) in [4.78, 5) is 14.6. The second kappa shape index (κ2) is 9.53. The van der Waals surface area contributed by atoms with Crippen molar-refractivity contribution in [1.29, 1.82) is 0 Å². The fourth-order valence-corrected chi connectivity index (χ4v) is 6.00. The van der Waals surface area contributed by atoms with Crippen molar-refractivity contribution in [1.82, 2.24) is 4.90 Å². The zero-order valence-corrected chi connectivity index (χ0v) is 19.4. The molecular weight excluding hydrogens is 469 g/mol. The van der Waals surface area contributed by atoms with E-state index in [1.807, 2.05) is 30.3 Å². The van der Waals surface area contributed by atoms with Crippen LogP contribution >= 0.6 is 23.2 Å². The van der Waals surface area contributed by atoms with Crippen molar-refractivity contribution >= 4 is 45.0 Å². The number of carbonyl (C=O) groups excluding carboxylic acids is 1. The van der Waals surface area contributed by atoms with Gasteiger partial charge in [-0.25, -0.2) is 8.42 Å². The molecule has 32 heavy (non-hydrogen) atoms. The normalized spacial score (nSPS) is 17.6. The maximum absolute atomic E-state index is 13.0. The molecule has 2 aromatic carbocycles. The maximum atomic E-state index is 13.0. The van der Waals surface area contributed by atoms with E-state index in [0.29, 0.717) is 28.8 Å². The first-order chi connectivity index (χ1) is 15.3. The van der Waals surface area contributed by atoms with Crippen LogP contribution in [0.15, 0.2) is 71.4 Å². The van der Waals surface area contributed by atoms with E-state index in [0.717, 1.165) is 16.7 Å². The van der Waals surface area contributed by atoms with Gasteiger partial charge in [-0.15, -0.1) is 0 Å². The lowest BCUT2D eigenvalue weighted by molar-refractivity contribution is -0.128. The predicted octanol–water partition coefficient (Wildman–Crippen LogP) is 5.48. The van der Waals surface area contributed by atoms with Crippen LogP contribution in [0, 0.1) is 0 Å². The molecule has 1 aliphatic heterocycles. The van der Waals surface area contributed by atoms with Crippen LogP contribution in [0.3, 0.4) is 0 Å². The maximum Gasteiger partial charge on any atom is 0.247 e. The average Bonchev–Trinajstić information content (AvgIpc) is 3.40. The van der Waals surface area contributed by atoms with Gasteiger partial charge >= 0.3 is 0 Å². The number of carbonyl (C=O) groups is 1. The first-order valence-corrected chi connectivity index (χ1v) is 12.7. The minimum absolute atomic E-state index is 0.0220. The molecule has 0 N–H and O–H groups in total. The number of sulfone groups is 1. The number of furan rings is 1. The van der Waals surface area contributed by atoms with Crippen LogP contribution in [-0.4, -0.2) is 36.8 Å². The number of benzene rings is 2. The van der Waals surface area contributed by atoms with Gasteiger partial charge < -0.3 is 9.32 Å². The van der Waals surface area contributed by atoms with Gasteiger partial charge in [0.2, 0.25) is 5.91 Å². The molecule has 8 heteroatoms. The van der Waals surface area contributed by atoms with Crippen LogP contribution in [0.2, 0.25) is 10.0 Å². The standard InChI is InChI=1S/C24H21Cl2NO4S/c25-19-7-9-22(23(26)14-19)18-5-3-17(4-6-18)15-27(20-11-13-32(29,30)16-20)24(28)10-8-21-2-1-12-31-21/h1-10,12,14,20H,11,13,15-16H2/b10-8-. The van der Waals surface area contributed by atoms with E-state index in [2.05, 4.69) is 0 Å². The molecule has 3 aromatic rings. The molecule has 1 unspecified atom stereocenters. The van der Waals surface area contributed by atoms with E-state index in [1.165, 1.54) is 12.3 Å². The Hall–Kier alpha value is -2.54. The molecule has 166 valence electrons. The summed E-state index contributed by atoms with van der Waals surface area (Å²) in [5.41, 5.74) is 2.68. The summed E-state index contributed by atoms with van der Waals surface area (Å²) in [5.74, 6) is 0.373. The monoisotopic (exact) mass is 489 g/mol. The second-order valence-corrected chi connectivity index (χ2v) is 10.8. The van der Waals surface area contributed by atoms with Crippen LogP contribution in [0.1, 0.15) is 17.7 Å². The fourth-order valence-electron chi connectivity index (χ4n) is 3.75. The number of rotatable bonds is 6. The lowest BCUT2D eigenvalue weighted by atomic mass is 10.0. The molecule has 1 fully saturated rings. The Balaban J connectivity index is 1.55. The third kappa shape index (κ3) is 5.44. The van der Waals surface area contributed by atoms with Crippen LogP contribution in [0.5, 0.6) is 0 Å². The van der Waals surface area contributed by atoms with Crippen LogP contribution in [0.25, 0.3) is 17.2 Å². The first kappa shape index (κ1) is 22.6. The molecule has 1 amide bonds. The summed E-state index contributed by atoms with van der Waals surface area (Å²) >= 11 is 12.3. The highest BCUT2D eigenvalue weighted by Gasteiger charge is 2.34. The molecule has 1 aliphatic rings. The number of hydrogen-bond donors (Lipinski definition) is 0. The molecule has 1 saturated heterocycles. The molecule has 4 rings (SSSR count). The highest BCUT2D eigenvalue weighted by molar-refractivity contribution is 7.91. The lowest BCUT2D eigenvalue weighted by Gasteiger charge is -2.27. The van der Waals surface area contributed by atoms with Gasteiger partial charge in [0.15, 0.2) is 9.84 Å². The van der Waals surface area contributed by atoms with Crippen LogP contribution in [-0.2, 0) is 21.2 Å². The summed E-state index contributed by atoms with van der Waals surface area (Å²) in [5, 5.41) is 1.12. The van der Waals surface area contributed by atoms with Gasteiger partial charge in [-0.1, -0.05) is 53.5 Å². The minimum atomic E-state index is -3.14. The van der Waals surface area contributed by atoms with Crippen LogP contribution < -0.4 is 0 Å². The molecule has 0 spiro atoms. The van der Waals surface area contributed by atoms with E-state index in [9.17, 15) is 13.2 Å². The van der Waals surface area contributed by atoms with Crippen LogP contribution in [0.4, 0.5) is 0 Å². The van der Waals surface area contributed by atoms with E-state index in [-0.39, 0.29) is 23.5 Å². The van der Waals surface area contributed by atoms with Gasteiger partial charge in [0.1, 0.15) is 5.76 Å². The fraction of sp³-hybridized carbons (Fsp3) is 0.208. The number of hydrogen-bond acceptors (Lipinski definition) is 4. The Morgan fingerprint density at radius 1 is 1.12 bits per heavy atom. The van der Waals surface area contributed by atoms with Crippen molar-refractivity contribution in [3.05, 3.63) is 88.3 Å². The molecule has 5 nitrogen and oxygen atoms in total. The van der Waals surface area contributed by atoms with Gasteiger partial charge in [-0.3, -0.25) is 4.79 Å². The quantitative estimate of drug-likeness (QED) is 0.429. The second-order valence-electron chi connectivity index (χ2n) is 7.69. The Bertz CT molecular complexity index is 1240. The zero-order chi connectivity index (χ0) is 22.7. The van der Waals surface area contributed by atoms with E-state index < -0.39 is 9.84 Å². The van der Waals surface area contributed by atoms with Crippen molar-refractivity contribution in [3.8, 4) is 11.1 Å². The van der Waals surface area contributed by atoms with Crippen molar-refractivity contribution in [2.24, 2.45) is 0 Å². The van der Waals surface area contributed by atoms with E-state index in [4.69, 9.17) is 27.6 Å². The Morgan fingerprint density at radius 3 is 2.53 bits per heavy atom. The van der Waals surface area contributed by atoms with Crippen molar-refractivity contribution in [3.63, 3.8) is 0 Å². The van der Waals surface area contributed by atoms with Gasteiger partial charge in [-0.2, -0.15) is 0 Å². The summed E-state index contributed by atoms with van der Waals surface area (Å²) in [7, 11) is -3.14. The van der Waals surface area contributed by atoms with E-state index >= 15 is 0 Å². The van der Waals surface area contributed by atoms with E-state index in [1.54, 1.807) is 35.2 Å². The summed E-state index contributed by atoms with van der Waals surface area (Å²) in [6, 6.07) is 16.1. The van der Waals surface area contributed by atoms with Gasteiger partial charge in [-0.05, 0) is 47.9 Å². The molecule has 0 bridgehead atoms. The number of amides is 1. The highest BCUT2D eigenvalue weighted by atomic mass is 35.5. The predicted molar refractivity (Wildman–Crippen MR) is 127 cm³/mol. The molecule has 2 heterocycles. The summed E-state index contributed by atoms with van der Waals surface area (Å²) < 4.78 is 29.3. The third-order valence-corrected chi connectivity index (χ3v) is 7.71. The lowest BCUT2D eigenvalue weighted by Crippen LogP contribution is -2.39. The number of halogens is 2. The molecule has 0 aliphatic carbocycles. The highest BCUT2D eigenvalue weighted by Crippen LogP contribution is 2.31. The van der Waals surface area contributed by atoms with Gasteiger partial charge in [0, 0.05) is 34.3 Å².